The molecule has 0 aromatic carbocycles. The molecule has 4 nitrogen and oxygen atoms in total. The van der Waals surface area contributed by atoms with Gasteiger partial charge in [-0.1, -0.05) is 12.2 Å². The molecule has 2 aliphatic carbocycles. The Bertz CT molecular complexity index is 361. The maximum atomic E-state index is 10.7. The highest BCUT2D eigenvalue weighted by Gasteiger charge is 2.34. The van der Waals surface area contributed by atoms with E-state index in [1.54, 1.807) is 12.2 Å². The molecule has 0 bridgehead atoms. The molecule has 17 heavy (non-hydrogen) atoms. The van der Waals surface area contributed by atoms with E-state index in [9.17, 15) is 15.2 Å². The van der Waals surface area contributed by atoms with Crippen LogP contribution in [-0.4, -0.2) is 15.6 Å². The molecule has 2 aliphatic rings. The molecule has 4 heteroatoms. The monoisotopic (exact) mass is 237 g/mol. The van der Waals surface area contributed by atoms with Gasteiger partial charge >= 0.3 is 0 Å². The number of hydrogen-bond acceptors (Lipinski definition) is 3. The summed E-state index contributed by atoms with van der Waals surface area (Å²) in [5.41, 5.74) is -0.216. The third-order valence-electron chi connectivity index (χ3n) is 4.04. The number of rotatable bonds is 2. The third-order valence-corrected chi connectivity index (χ3v) is 4.04. The Morgan fingerprint density at radius 3 is 2.71 bits per heavy atom. The Kier molecular flexibility index (Phi) is 3.33. The standard InChI is InChI=1S/C13H19NO3/c1-13(15)7-5-10(6-8-13)11-3-2-4-12(9-11)14(16)17/h2-4,10-11,15H,5-9H2,1H3/t10?,11-,13?/m0/s1. The summed E-state index contributed by atoms with van der Waals surface area (Å²) in [5.74, 6) is 0.756. The van der Waals surface area contributed by atoms with Crippen molar-refractivity contribution in [3.63, 3.8) is 0 Å². The molecule has 1 N–H and O–H groups in total. The summed E-state index contributed by atoms with van der Waals surface area (Å²) in [5, 5.41) is 20.6. The fourth-order valence-electron chi connectivity index (χ4n) is 2.84. The highest BCUT2D eigenvalue weighted by molar-refractivity contribution is 5.16. The number of aliphatic hydroxyl groups is 1. The van der Waals surface area contributed by atoms with Gasteiger partial charge in [0.25, 0.3) is 0 Å². The molecule has 1 atom stereocenters. The minimum absolute atomic E-state index is 0.275. The smallest absolute Gasteiger partial charge is 0.246 e. The second-order valence-electron chi connectivity index (χ2n) is 5.50. The lowest BCUT2D eigenvalue weighted by molar-refractivity contribution is -0.429. The maximum Gasteiger partial charge on any atom is 0.246 e. The van der Waals surface area contributed by atoms with Gasteiger partial charge in [-0.3, -0.25) is 10.1 Å². The molecule has 0 heterocycles. The van der Waals surface area contributed by atoms with E-state index in [4.69, 9.17) is 0 Å². The van der Waals surface area contributed by atoms with Gasteiger partial charge in [0.2, 0.25) is 5.70 Å². The Morgan fingerprint density at radius 1 is 1.47 bits per heavy atom. The molecular weight excluding hydrogens is 218 g/mol. The third kappa shape index (κ3) is 2.94. The molecule has 0 unspecified atom stereocenters. The van der Waals surface area contributed by atoms with Gasteiger partial charge in [0, 0.05) is 12.5 Å². The lowest BCUT2D eigenvalue weighted by Crippen LogP contribution is -2.33. The summed E-state index contributed by atoms with van der Waals surface area (Å²) in [7, 11) is 0. The van der Waals surface area contributed by atoms with E-state index in [-0.39, 0.29) is 10.8 Å². The first-order valence-electron chi connectivity index (χ1n) is 6.22. The summed E-state index contributed by atoms with van der Waals surface area (Å²) in [6.07, 6.45) is 9.56. The van der Waals surface area contributed by atoms with Gasteiger partial charge in [-0.15, -0.1) is 0 Å². The summed E-state index contributed by atoms with van der Waals surface area (Å²) >= 11 is 0. The van der Waals surface area contributed by atoms with Crippen LogP contribution in [-0.2, 0) is 0 Å². The van der Waals surface area contributed by atoms with Crippen molar-refractivity contribution in [2.75, 3.05) is 0 Å². The zero-order valence-electron chi connectivity index (χ0n) is 10.1. The summed E-state index contributed by atoms with van der Waals surface area (Å²) in [6.45, 7) is 1.88. The van der Waals surface area contributed by atoms with Crippen molar-refractivity contribution in [2.24, 2.45) is 11.8 Å². The molecule has 0 aromatic heterocycles. The molecule has 0 spiro atoms. The van der Waals surface area contributed by atoms with Crippen LogP contribution in [0, 0.1) is 22.0 Å². The normalized spacial score (nSPS) is 37.6. The molecule has 0 saturated heterocycles. The van der Waals surface area contributed by atoms with E-state index in [1.807, 2.05) is 6.92 Å². The molecule has 0 aliphatic heterocycles. The van der Waals surface area contributed by atoms with Crippen LogP contribution in [0.2, 0.25) is 0 Å². The largest absolute Gasteiger partial charge is 0.390 e. The average molecular weight is 237 g/mol. The molecule has 0 amide bonds. The first-order valence-corrected chi connectivity index (χ1v) is 6.22. The minimum atomic E-state index is -0.531. The fraction of sp³-hybridized carbons (Fsp3) is 0.692. The number of allylic oxidation sites excluding steroid dienone is 4. The van der Waals surface area contributed by atoms with Crippen LogP contribution in [0.1, 0.15) is 39.0 Å². The van der Waals surface area contributed by atoms with Crippen molar-refractivity contribution in [1.82, 2.24) is 0 Å². The summed E-state index contributed by atoms with van der Waals surface area (Å²) < 4.78 is 0. The van der Waals surface area contributed by atoms with Gasteiger partial charge in [-0.2, -0.15) is 0 Å². The van der Waals surface area contributed by atoms with Crippen LogP contribution in [0.25, 0.3) is 0 Å². The molecule has 1 fully saturated rings. The summed E-state index contributed by atoms with van der Waals surface area (Å²) in [4.78, 5) is 10.5. The first kappa shape index (κ1) is 12.3. The molecule has 0 radical (unpaired) electrons. The van der Waals surface area contributed by atoms with Gasteiger partial charge in [-0.05, 0) is 44.4 Å². The van der Waals surface area contributed by atoms with E-state index in [2.05, 4.69) is 6.08 Å². The minimum Gasteiger partial charge on any atom is -0.390 e. The van der Waals surface area contributed by atoms with Crippen LogP contribution in [0.4, 0.5) is 0 Å². The Labute approximate surface area is 101 Å². The van der Waals surface area contributed by atoms with Crippen molar-refractivity contribution in [2.45, 2.75) is 44.6 Å². The first-order chi connectivity index (χ1) is 7.98. The van der Waals surface area contributed by atoms with Gasteiger partial charge in [-0.25, -0.2) is 0 Å². The van der Waals surface area contributed by atoms with Crippen molar-refractivity contribution < 1.29 is 10.0 Å². The zero-order chi connectivity index (χ0) is 12.5. The van der Waals surface area contributed by atoms with Gasteiger partial charge < -0.3 is 5.11 Å². The summed E-state index contributed by atoms with van der Waals surface area (Å²) in [6, 6.07) is 0. The number of nitrogens with zero attached hydrogens (tertiary/aromatic N) is 1. The highest BCUT2D eigenvalue weighted by Crippen LogP contribution is 2.39. The molecule has 1 saturated carbocycles. The fourth-order valence-corrected chi connectivity index (χ4v) is 2.84. The van der Waals surface area contributed by atoms with Crippen LogP contribution in [0.3, 0.4) is 0 Å². The number of nitro groups is 1. The molecule has 2 rings (SSSR count). The van der Waals surface area contributed by atoms with E-state index in [1.165, 1.54) is 0 Å². The van der Waals surface area contributed by atoms with Gasteiger partial charge in [0.05, 0.1) is 10.5 Å². The molecule has 94 valence electrons. The molecule has 0 aromatic rings. The van der Waals surface area contributed by atoms with Crippen molar-refractivity contribution in [1.29, 1.82) is 0 Å². The van der Waals surface area contributed by atoms with Gasteiger partial charge in [0.15, 0.2) is 0 Å². The highest BCUT2D eigenvalue weighted by atomic mass is 16.6. The SMILES string of the molecule is CC1(O)CCC([C@H]2C=CC=C([N+](=O)[O-])C2)CC1. The van der Waals surface area contributed by atoms with Crippen LogP contribution in [0.5, 0.6) is 0 Å². The lowest BCUT2D eigenvalue weighted by atomic mass is 9.72. The van der Waals surface area contributed by atoms with Crippen LogP contribution >= 0.6 is 0 Å². The lowest BCUT2D eigenvalue weighted by Gasteiger charge is -2.36. The Hall–Kier alpha value is -1.16. The van der Waals surface area contributed by atoms with Gasteiger partial charge in [0.1, 0.15) is 0 Å². The average Bonchev–Trinajstić information content (AvgIpc) is 2.29. The number of hydrogen-bond donors (Lipinski definition) is 1. The van der Waals surface area contributed by atoms with Crippen molar-refractivity contribution >= 4 is 0 Å². The maximum absolute atomic E-state index is 10.7. The predicted molar refractivity (Wildman–Crippen MR) is 64.9 cm³/mol. The van der Waals surface area contributed by atoms with Crippen molar-refractivity contribution in [3.05, 3.63) is 34.0 Å². The Morgan fingerprint density at radius 2 is 2.12 bits per heavy atom. The topological polar surface area (TPSA) is 63.4 Å². The predicted octanol–water partition coefficient (Wildman–Crippen LogP) is 2.66. The van der Waals surface area contributed by atoms with Crippen molar-refractivity contribution in [3.8, 4) is 0 Å². The van der Waals surface area contributed by atoms with E-state index < -0.39 is 5.60 Å². The second-order valence-corrected chi connectivity index (χ2v) is 5.50. The van der Waals surface area contributed by atoms with E-state index in [0.717, 1.165) is 25.7 Å². The zero-order valence-corrected chi connectivity index (χ0v) is 10.1. The Balaban J connectivity index is 1.95. The van der Waals surface area contributed by atoms with Crippen LogP contribution in [0.15, 0.2) is 23.9 Å². The second kappa shape index (κ2) is 4.61. The quantitative estimate of drug-likeness (QED) is 0.593. The molecular formula is C13H19NO3. The van der Waals surface area contributed by atoms with Crippen LogP contribution < -0.4 is 0 Å². The van der Waals surface area contributed by atoms with E-state index in [0.29, 0.717) is 18.0 Å². The van der Waals surface area contributed by atoms with E-state index >= 15 is 0 Å².